The second-order valence-electron chi connectivity index (χ2n) is 4.50. The quantitative estimate of drug-likeness (QED) is 0.884. The zero-order chi connectivity index (χ0) is 15.8. The Labute approximate surface area is 126 Å². The maximum absolute atomic E-state index is 12.2. The molecular weight excluding hydrogens is 316 g/mol. The van der Waals surface area contributed by atoms with Gasteiger partial charge in [-0.05, 0) is 24.6 Å². The van der Waals surface area contributed by atoms with Crippen molar-refractivity contribution < 1.29 is 13.2 Å². The van der Waals surface area contributed by atoms with E-state index >= 15 is 0 Å². The van der Waals surface area contributed by atoms with Gasteiger partial charge >= 0.3 is 0 Å². The number of nitrogens with zero attached hydrogens (tertiary/aromatic N) is 2. The number of aryl methyl sites for hydroxylation is 2. The lowest BCUT2D eigenvalue weighted by Crippen LogP contribution is -2.18. The Morgan fingerprint density at radius 2 is 2.10 bits per heavy atom. The van der Waals surface area contributed by atoms with E-state index in [1.54, 1.807) is 18.2 Å². The zero-order valence-corrected chi connectivity index (χ0v) is 12.9. The summed E-state index contributed by atoms with van der Waals surface area (Å²) in [6.07, 6.45) is 1.21. The van der Waals surface area contributed by atoms with Crippen LogP contribution in [-0.4, -0.2) is 24.1 Å². The fraction of sp³-hybridized carbons (Fsp3) is 0.167. The van der Waals surface area contributed by atoms with E-state index in [0.717, 1.165) is 5.56 Å². The van der Waals surface area contributed by atoms with E-state index in [9.17, 15) is 13.2 Å². The summed E-state index contributed by atoms with van der Waals surface area (Å²) < 4.78 is 24.1. The molecule has 0 saturated heterocycles. The van der Waals surface area contributed by atoms with Gasteiger partial charge in [-0.15, -0.1) is 0 Å². The van der Waals surface area contributed by atoms with Crippen LogP contribution in [0.25, 0.3) is 0 Å². The Morgan fingerprint density at radius 3 is 2.67 bits per heavy atom. The molecule has 0 unspecified atom stereocenters. The molecule has 0 aliphatic carbocycles. The normalized spacial score (nSPS) is 11.4. The average Bonchev–Trinajstić information content (AvgIpc) is 2.69. The van der Waals surface area contributed by atoms with Crippen molar-refractivity contribution in [2.24, 2.45) is 12.2 Å². The molecule has 112 valence electrons. The van der Waals surface area contributed by atoms with Crippen molar-refractivity contribution in [1.29, 1.82) is 0 Å². The van der Waals surface area contributed by atoms with E-state index in [4.69, 9.17) is 16.7 Å². The van der Waals surface area contributed by atoms with Gasteiger partial charge in [-0.3, -0.25) is 9.48 Å². The number of carbonyl (C=O) groups excluding carboxylic acids is 1. The zero-order valence-electron chi connectivity index (χ0n) is 11.3. The highest BCUT2D eigenvalue weighted by atomic mass is 35.5. The number of aromatic nitrogens is 2. The number of anilines is 1. The maximum atomic E-state index is 12.2. The van der Waals surface area contributed by atoms with Gasteiger partial charge in [0.05, 0.1) is 10.6 Å². The van der Waals surface area contributed by atoms with E-state index in [1.807, 2.05) is 6.92 Å². The van der Waals surface area contributed by atoms with Crippen LogP contribution in [0.5, 0.6) is 0 Å². The number of halogens is 1. The van der Waals surface area contributed by atoms with Gasteiger partial charge in [-0.2, -0.15) is 5.10 Å². The summed E-state index contributed by atoms with van der Waals surface area (Å²) in [7, 11) is -2.47. The lowest BCUT2D eigenvalue weighted by Gasteiger charge is -2.06. The number of sulfonamides is 1. The predicted molar refractivity (Wildman–Crippen MR) is 78.7 cm³/mol. The molecule has 0 saturated carbocycles. The molecule has 3 N–H and O–H groups in total. The second kappa shape index (κ2) is 5.47. The molecular formula is C12H13ClN4O3S. The first-order valence-corrected chi connectivity index (χ1v) is 7.75. The minimum Gasteiger partial charge on any atom is -0.304 e. The van der Waals surface area contributed by atoms with Crippen molar-refractivity contribution in [3.8, 4) is 0 Å². The van der Waals surface area contributed by atoms with Crippen molar-refractivity contribution in [3.63, 3.8) is 0 Å². The molecule has 21 heavy (non-hydrogen) atoms. The maximum Gasteiger partial charge on any atom is 0.258 e. The molecule has 0 bridgehead atoms. The van der Waals surface area contributed by atoms with Crippen molar-refractivity contribution in [2.45, 2.75) is 11.8 Å². The Balaban J connectivity index is 2.36. The van der Waals surface area contributed by atoms with Crippen LogP contribution in [0.3, 0.4) is 0 Å². The van der Waals surface area contributed by atoms with Crippen molar-refractivity contribution >= 4 is 33.3 Å². The number of hydrogen-bond donors (Lipinski definition) is 2. The van der Waals surface area contributed by atoms with E-state index < -0.39 is 15.9 Å². The minimum atomic E-state index is -3.99. The molecule has 1 aromatic carbocycles. The third-order valence-electron chi connectivity index (χ3n) is 2.70. The van der Waals surface area contributed by atoms with Crippen LogP contribution < -0.4 is 10.5 Å². The molecule has 0 spiro atoms. The summed E-state index contributed by atoms with van der Waals surface area (Å²) >= 11 is 6.00. The van der Waals surface area contributed by atoms with E-state index in [1.165, 1.54) is 17.9 Å². The number of amides is 1. The first-order chi connectivity index (χ1) is 9.68. The van der Waals surface area contributed by atoms with Crippen molar-refractivity contribution in [2.75, 3.05) is 5.32 Å². The first-order valence-electron chi connectivity index (χ1n) is 5.82. The lowest BCUT2D eigenvalue weighted by atomic mass is 10.1. The summed E-state index contributed by atoms with van der Waals surface area (Å²) in [5.74, 6) is -0.703. The van der Waals surface area contributed by atoms with Crippen LogP contribution in [0.15, 0.2) is 29.3 Å². The highest BCUT2D eigenvalue weighted by Gasteiger charge is 2.21. The molecule has 2 aromatic rings. The van der Waals surface area contributed by atoms with Gasteiger partial charge in [0.25, 0.3) is 5.91 Å². The molecule has 7 nitrogen and oxygen atoms in total. The molecule has 0 atom stereocenters. The summed E-state index contributed by atoms with van der Waals surface area (Å²) in [6, 6.07) is 4.90. The SMILES string of the molecule is Cc1ccc(C(=O)Nc2nn(C)cc2S(N)(=O)=O)c(Cl)c1. The predicted octanol–water partition coefficient (Wildman–Crippen LogP) is 1.28. The van der Waals surface area contributed by atoms with Gasteiger partial charge in [0.1, 0.15) is 4.90 Å². The third-order valence-corrected chi connectivity index (χ3v) is 3.93. The minimum absolute atomic E-state index is 0.137. The molecule has 1 aromatic heterocycles. The van der Waals surface area contributed by atoms with Gasteiger partial charge in [-0.1, -0.05) is 17.7 Å². The number of carbonyl (C=O) groups is 1. The highest BCUT2D eigenvalue weighted by molar-refractivity contribution is 7.89. The molecule has 0 fully saturated rings. The van der Waals surface area contributed by atoms with Gasteiger partial charge < -0.3 is 5.32 Å². The summed E-state index contributed by atoms with van der Waals surface area (Å²) in [6.45, 7) is 1.84. The third kappa shape index (κ3) is 3.41. The van der Waals surface area contributed by atoms with Crippen LogP contribution in [0.2, 0.25) is 5.02 Å². The second-order valence-corrected chi connectivity index (χ2v) is 6.44. The number of primary sulfonamides is 1. The van der Waals surface area contributed by atoms with Crippen LogP contribution >= 0.6 is 11.6 Å². The van der Waals surface area contributed by atoms with Crippen LogP contribution in [0, 0.1) is 6.92 Å². The van der Waals surface area contributed by atoms with Crippen molar-refractivity contribution in [1.82, 2.24) is 9.78 Å². The first kappa shape index (κ1) is 15.5. The monoisotopic (exact) mass is 328 g/mol. The van der Waals surface area contributed by atoms with Crippen LogP contribution in [0.1, 0.15) is 15.9 Å². The van der Waals surface area contributed by atoms with Crippen LogP contribution in [-0.2, 0) is 17.1 Å². The topological polar surface area (TPSA) is 107 Å². The van der Waals surface area contributed by atoms with E-state index in [-0.39, 0.29) is 21.3 Å². The Bertz CT molecular complexity index is 814. The highest BCUT2D eigenvalue weighted by Crippen LogP contribution is 2.21. The van der Waals surface area contributed by atoms with Crippen LogP contribution in [0.4, 0.5) is 5.82 Å². The molecule has 0 aliphatic rings. The fourth-order valence-corrected chi connectivity index (χ4v) is 2.72. The molecule has 1 heterocycles. The van der Waals surface area contributed by atoms with Crippen molar-refractivity contribution in [3.05, 3.63) is 40.5 Å². The summed E-state index contributed by atoms with van der Waals surface area (Å²) in [5.41, 5.74) is 1.12. The number of nitrogens with one attached hydrogen (secondary N) is 1. The standard InChI is InChI=1S/C12H13ClN4O3S/c1-7-3-4-8(9(13)5-7)12(18)15-11-10(21(14,19)20)6-17(2)16-11/h3-6H,1-2H3,(H2,14,19,20)(H,15,16,18). The summed E-state index contributed by atoms with van der Waals surface area (Å²) in [5, 5.41) is 11.6. The Morgan fingerprint density at radius 1 is 1.43 bits per heavy atom. The van der Waals surface area contributed by atoms with Gasteiger partial charge in [-0.25, -0.2) is 13.6 Å². The number of nitrogens with two attached hydrogens (primary N) is 1. The average molecular weight is 329 g/mol. The largest absolute Gasteiger partial charge is 0.304 e. The molecule has 0 aliphatic heterocycles. The smallest absolute Gasteiger partial charge is 0.258 e. The Hall–Kier alpha value is -1.90. The number of rotatable bonds is 3. The molecule has 1 amide bonds. The molecule has 9 heteroatoms. The van der Waals surface area contributed by atoms with E-state index in [2.05, 4.69) is 10.4 Å². The number of hydrogen-bond acceptors (Lipinski definition) is 4. The van der Waals surface area contributed by atoms with E-state index in [0.29, 0.717) is 0 Å². The lowest BCUT2D eigenvalue weighted by molar-refractivity contribution is 0.102. The molecule has 2 rings (SSSR count). The summed E-state index contributed by atoms with van der Waals surface area (Å²) in [4.78, 5) is 11.9. The Kier molecular flexibility index (Phi) is 4.04. The van der Waals surface area contributed by atoms with Gasteiger partial charge in [0.2, 0.25) is 10.0 Å². The van der Waals surface area contributed by atoms with Gasteiger partial charge in [0.15, 0.2) is 5.82 Å². The molecule has 0 radical (unpaired) electrons. The number of benzene rings is 1. The van der Waals surface area contributed by atoms with Gasteiger partial charge in [0, 0.05) is 13.2 Å². The fourth-order valence-electron chi connectivity index (χ4n) is 1.74.